The van der Waals surface area contributed by atoms with Crippen LogP contribution in [0.1, 0.15) is 47.5 Å². The average molecular weight is 170 g/mol. The van der Waals surface area contributed by atoms with Crippen LogP contribution in [0.2, 0.25) is 0 Å². The number of hydrogen-bond acceptors (Lipinski definition) is 1. The van der Waals surface area contributed by atoms with Crippen molar-refractivity contribution >= 4 is 0 Å². The molecular weight excluding hydrogens is 148 g/mol. The van der Waals surface area contributed by atoms with Gasteiger partial charge in [-0.15, -0.1) is 0 Å². The highest BCUT2D eigenvalue weighted by molar-refractivity contribution is 5.03. The van der Waals surface area contributed by atoms with Crippen molar-refractivity contribution in [2.24, 2.45) is 16.7 Å². The molecule has 1 nitrogen and oxygen atoms in total. The van der Waals surface area contributed by atoms with Crippen molar-refractivity contribution in [3.63, 3.8) is 0 Å². The number of rotatable bonds is 1. The Morgan fingerprint density at radius 1 is 1.33 bits per heavy atom. The van der Waals surface area contributed by atoms with Gasteiger partial charge in [-0.05, 0) is 29.6 Å². The molecule has 2 unspecified atom stereocenters. The van der Waals surface area contributed by atoms with E-state index >= 15 is 0 Å². The molecule has 1 aliphatic rings. The van der Waals surface area contributed by atoms with Gasteiger partial charge in [0.25, 0.3) is 0 Å². The van der Waals surface area contributed by atoms with Crippen LogP contribution in [0.5, 0.6) is 0 Å². The summed E-state index contributed by atoms with van der Waals surface area (Å²) in [7, 11) is 0. The molecular formula is C11H22O. The van der Waals surface area contributed by atoms with Crippen molar-refractivity contribution in [1.82, 2.24) is 0 Å². The topological polar surface area (TPSA) is 20.2 Å². The predicted molar refractivity (Wildman–Crippen MR) is 52.0 cm³/mol. The van der Waals surface area contributed by atoms with Crippen molar-refractivity contribution in [1.29, 1.82) is 0 Å². The van der Waals surface area contributed by atoms with Gasteiger partial charge in [0, 0.05) is 0 Å². The zero-order valence-electron chi connectivity index (χ0n) is 9.02. The first-order valence-corrected chi connectivity index (χ1v) is 5.04. The molecule has 0 aromatic carbocycles. The quantitative estimate of drug-likeness (QED) is 0.641. The lowest BCUT2D eigenvalue weighted by molar-refractivity contribution is 0.00173. The van der Waals surface area contributed by atoms with Crippen LogP contribution in [0.15, 0.2) is 0 Å². The Morgan fingerprint density at radius 2 is 1.83 bits per heavy atom. The van der Waals surface area contributed by atoms with Gasteiger partial charge in [0.05, 0.1) is 6.10 Å². The molecule has 1 rings (SSSR count). The largest absolute Gasteiger partial charge is 0.393 e. The Balaban J connectivity index is 2.98. The molecule has 0 aromatic heterocycles. The highest BCUT2D eigenvalue weighted by atomic mass is 16.3. The van der Waals surface area contributed by atoms with Gasteiger partial charge in [-0.25, -0.2) is 0 Å². The van der Waals surface area contributed by atoms with E-state index in [0.717, 1.165) is 12.8 Å². The van der Waals surface area contributed by atoms with E-state index in [2.05, 4.69) is 34.6 Å². The van der Waals surface area contributed by atoms with E-state index in [4.69, 9.17) is 0 Å². The monoisotopic (exact) mass is 170 g/mol. The SMILES string of the molecule is CCC1(C)C(C)C[C@@H](O)C1(C)C. The van der Waals surface area contributed by atoms with Crippen molar-refractivity contribution in [2.75, 3.05) is 0 Å². The van der Waals surface area contributed by atoms with Crippen LogP contribution in [-0.2, 0) is 0 Å². The summed E-state index contributed by atoms with van der Waals surface area (Å²) in [5, 5.41) is 9.89. The van der Waals surface area contributed by atoms with Gasteiger partial charge >= 0.3 is 0 Å². The normalized spacial score (nSPS) is 46.5. The van der Waals surface area contributed by atoms with Crippen molar-refractivity contribution in [3.8, 4) is 0 Å². The summed E-state index contributed by atoms with van der Waals surface area (Å²) in [4.78, 5) is 0. The minimum Gasteiger partial charge on any atom is -0.393 e. The molecule has 72 valence electrons. The van der Waals surface area contributed by atoms with Gasteiger partial charge in [-0.3, -0.25) is 0 Å². The number of aliphatic hydroxyl groups excluding tert-OH is 1. The molecule has 1 fully saturated rings. The van der Waals surface area contributed by atoms with E-state index in [9.17, 15) is 5.11 Å². The number of aliphatic hydroxyl groups is 1. The van der Waals surface area contributed by atoms with Gasteiger partial charge in [0.15, 0.2) is 0 Å². The lowest BCUT2D eigenvalue weighted by Gasteiger charge is -2.42. The van der Waals surface area contributed by atoms with Crippen molar-refractivity contribution in [2.45, 2.75) is 53.6 Å². The third-order valence-corrected chi connectivity index (χ3v) is 4.70. The maximum absolute atomic E-state index is 9.89. The van der Waals surface area contributed by atoms with Gasteiger partial charge in [-0.1, -0.05) is 34.6 Å². The van der Waals surface area contributed by atoms with Gasteiger partial charge < -0.3 is 5.11 Å². The molecule has 3 atom stereocenters. The Hall–Kier alpha value is -0.0400. The predicted octanol–water partition coefficient (Wildman–Crippen LogP) is 2.83. The Kier molecular flexibility index (Phi) is 2.28. The molecule has 0 bridgehead atoms. The highest BCUT2D eigenvalue weighted by Gasteiger charge is 2.53. The fourth-order valence-electron chi connectivity index (χ4n) is 2.71. The minimum absolute atomic E-state index is 0.0845. The van der Waals surface area contributed by atoms with Gasteiger partial charge in [-0.2, -0.15) is 0 Å². The van der Waals surface area contributed by atoms with E-state index in [-0.39, 0.29) is 11.5 Å². The van der Waals surface area contributed by atoms with Crippen LogP contribution in [0.3, 0.4) is 0 Å². The molecule has 0 aliphatic heterocycles. The molecule has 0 spiro atoms. The molecule has 0 saturated heterocycles. The zero-order valence-corrected chi connectivity index (χ0v) is 9.02. The second kappa shape index (κ2) is 2.73. The molecule has 0 amide bonds. The Labute approximate surface area is 76.2 Å². The second-order valence-electron chi connectivity index (χ2n) is 5.15. The third kappa shape index (κ3) is 1.02. The molecule has 0 radical (unpaired) electrons. The van der Waals surface area contributed by atoms with E-state index in [0.29, 0.717) is 11.3 Å². The fraction of sp³-hybridized carbons (Fsp3) is 1.00. The Morgan fingerprint density at radius 3 is 2.00 bits per heavy atom. The van der Waals surface area contributed by atoms with Gasteiger partial charge in [0.1, 0.15) is 0 Å². The lowest BCUT2D eigenvalue weighted by atomic mass is 9.64. The minimum atomic E-state index is -0.113. The van der Waals surface area contributed by atoms with Crippen LogP contribution in [0, 0.1) is 16.7 Å². The van der Waals surface area contributed by atoms with Crippen LogP contribution in [0.4, 0.5) is 0 Å². The average Bonchev–Trinajstić information content (AvgIpc) is 2.14. The summed E-state index contributed by atoms with van der Waals surface area (Å²) in [6.45, 7) is 11.2. The summed E-state index contributed by atoms with van der Waals surface area (Å²) in [6.07, 6.45) is 2.02. The molecule has 12 heavy (non-hydrogen) atoms. The molecule has 1 heteroatoms. The smallest absolute Gasteiger partial charge is 0.0599 e. The maximum Gasteiger partial charge on any atom is 0.0599 e. The lowest BCUT2D eigenvalue weighted by Crippen LogP contribution is -2.38. The first-order chi connectivity index (χ1) is 5.36. The maximum atomic E-state index is 9.89. The summed E-state index contributed by atoms with van der Waals surface area (Å²) >= 11 is 0. The van der Waals surface area contributed by atoms with Crippen molar-refractivity contribution in [3.05, 3.63) is 0 Å². The molecule has 1 N–H and O–H groups in total. The standard InChI is InChI=1S/C11H22O/c1-6-11(5)8(2)7-9(12)10(11,3)4/h8-9,12H,6-7H2,1-5H3/t8?,9-,11?/m1/s1. The summed E-state index contributed by atoms with van der Waals surface area (Å²) in [5.74, 6) is 0.646. The van der Waals surface area contributed by atoms with Crippen LogP contribution in [-0.4, -0.2) is 11.2 Å². The van der Waals surface area contributed by atoms with Crippen LogP contribution >= 0.6 is 0 Å². The first-order valence-electron chi connectivity index (χ1n) is 5.04. The summed E-state index contributed by atoms with van der Waals surface area (Å²) < 4.78 is 0. The van der Waals surface area contributed by atoms with Gasteiger partial charge in [0.2, 0.25) is 0 Å². The zero-order chi connectivity index (χ0) is 9.57. The second-order valence-corrected chi connectivity index (χ2v) is 5.15. The molecule has 0 aromatic rings. The molecule has 1 saturated carbocycles. The van der Waals surface area contributed by atoms with E-state index in [1.807, 2.05) is 0 Å². The van der Waals surface area contributed by atoms with Crippen molar-refractivity contribution < 1.29 is 5.11 Å². The fourth-order valence-corrected chi connectivity index (χ4v) is 2.71. The summed E-state index contributed by atoms with van der Waals surface area (Å²) in [5.41, 5.74) is 0.396. The summed E-state index contributed by atoms with van der Waals surface area (Å²) in [6, 6.07) is 0. The third-order valence-electron chi connectivity index (χ3n) is 4.70. The first kappa shape index (κ1) is 10.0. The molecule has 0 heterocycles. The van der Waals surface area contributed by atoms with E-state index in [1.54, 1.807) is 0 Å². The van der Waals surface area contributed by atoms with E-state index < -0.39 is 0 Å². The highest BCUT2D eigenvalue weighted by Crippen LogP contribution is 2.57. The van der Waals surface area contributed by atoms with Crippen LogP contribution < -0.4 is 0 Å². The van der Waals surface area contributed by atoms with Crippen LogP contribution in [0.25, 0.3) is 0 Å². The molecule has 1 aliphatic carbocycles. The van der Waals surface area contributed by atoms with E-state index in [1.165, 1.54) is 0 Å². The Bertz CT molecular complexity index is 174. The number of hydrogen-bond donors (Lipinski definition) is 1.